The van der Waals surface area contributed by atoms with E-state index in [1.807, 2.05) is 11.3 Å². The van der Waals surface area contributed by atoms with Crippen LogP contribution in [0.3, 0.4) is 0 Å². The average molecular weight is 358 g/mol. The van der Waals surface area contributed by atoms with Crippen molar-refractivity contribution in [2.45, 2.75) is 31.7 Å². The largest absolute Gasteiger partial charge is 0.314 e. The van der Waals surface area contributed by atoms with Crippen molar-refractivity contribution in [1.29, 1.82) is 0 Å². The molecule has 1 saturated heterocycles. The summed E-state index contributed by atoms with van der Waals surface area (Å²) in [5.74, 6) is 0.819. The van der Waals surface area contributed by atoms with Crippen LogP contribution >= 0.6 is 47.8 Å². The first-order valence-electron chi connectivity index (χ1n) is 7.04. The zero-order valence-corrected chi connectivity index (χ0v) is 14.7. The van der Waals surface area contributed by atoms with Crippen LogP contribution in [0.1, 0.15) is 36.6 Å². The molecule has 116 valence electrons. The molecule has 3 rings (SSSR count). The number of halogens is 3. The lowest BCUT2D eigenvalue weighted by Gasteiger charge is -2.38. The molecule has 1 atom stereocenters. The van der Waals surface area contributed by atoms with Crippen LogP contribution in [0, 0.1) is 5.92 Å². The van der Waals surface area contributed by atoms with Crippen LogP contribution in [0.4, 0.5) is 0 Å². The molecule has 1 aromatic rings. The molecule has 6 heteroatoms. The number of hydrogen-bond acceptors (Lipinski definition) is 3. The first-order chi connectivity index (χ1) is 8.86. The van der Waals surface area contributed by atoms with Gasteiger partial charge in [-0.25, -0.2) is 0 Å². The van der Waals surface area contributed by atoms with Crippen molar-refractivity contribution in [3.05, 3.63) is 21.3 Å². The average Bonchev–Trinajstić information content (AvgIpc) is 3.05. The summed E-state index contributed by atoms with van der Waals surface area (Å²) in [7, 11) is 0. The fourth-order valence-corrected chi connectivity index (χ4v) is 4.82. The molecule has 1 saturated carbocycles. The Balaban J connectivity index is 0.000001000. The van der Waals surface area contributed by atoms with Crippen LogP contribution < -0.4 is 5.32 Å². The van der Waals surface area contributed by atoms with Crippen molar-refractivity contribution < 1.29 is 0 Å². The van der Waals surface area contributed by atoms with Crippen molar-refractivity contribution in [2.24, 2.45) is 5.92 Å². The number of nitrogens with zero attached hydrogens (tertiary/aromatic N) is 1. The Kier molecular flexibility index (Phi) is 8.17. The lowest BCUT2D eigenvalue weighted by molar-refractivity contribution is 0.128. The highest BCUT2D eigenvalue weighted by atomic mass is 35.5. The quantitative estimate of drug-likeness (QED) is 0.863. The van der Waals surface area contributed by atoms with Gasteiger partial charge in [0.25, 0.3) is 0 Å². The van der Waals surface area contributed by atoms with Gasteiger partial charge in [0.1, 0.15) is 0 Å². The third-order valence-corrected chi connectivity index (χ3v) is 5.73. The summed E-state index contributed by atoms with van der Waals surface area (Å²) in [6.45, 7) is 4.56. The van der Waals surface area contributed by atoms with Crippen molar-refractivity contribution in [1.82, 2.24) is 10.2 Å². The van der Waals surface area contributed by atoms with Gasteiger partial charge < -0.3 is 5.32 Å². The maximum Gasteiger partial charge on any atom is 0.0561 e. The summed E-state index contributed by atoms with van der Waals surface area (Å²) < 4.78 is 0. The number of rotatable bonds is 3. The fourth-order valence-electron chi connectivity index (χ4n) is 3.43. The molecule has 0 unspecified atom stereocenters. The van der Waals surface area contributed by atoms with Gasteiger partial charge in [0.15, 0.2) is 0 Å². The third kappa shape index (κ3) is 4.02. The van der Waals surface area contributed by atoms with Gasteiger partial charge in [-0.15, -0.1) is 36.2 Å². The van der Waals surface area contributed by atoms with E-state index in [1.165, 1.54) is 30.6 Å². The Hall–Kier alpha value is 0.490. The molecule has 1 aromatic heterocycles. The molecule has 20 heavy (non-hydrogen) atoms. The SMILES string of the molecule is Cl.Cl.Clc1ccsc1[C@H](C1CCCC1)N1CCNCC1. The molecule has 0 radical (unpaired) electrons. The first kappa shape index (κ1) is 18.5. The Labute approximate surface area is 143 Å². The highest BCUT2D eigenvalue weighted by Crippen LogP contribution is 2.43. The molecular formula is C14H23Cl3N2S. The Bertz CT molecular complexity index is 388. The Morgan fingerprint density at radius 3 is 2.40 bits per heavy atom. The van der Waals surface area contributed by atoms with Crippen molar-refractivity contribution in [3.63, 3.8) is 0 Å². The maximum absolute atomic E-state index is 6.40. The summed E-state index contributed by atoms with van der Waals surface area (Å²) in [6, 6.07) is 2.63. The monoisotopic (exact) mass is 356 g/mol. The lowest BCUT2D eigenvalue weighted by Crippen LogP contribution is -2.46. The number of hydrogen-bond donors (Lipinski definition) is 1. The summed E-state index contributed by atoms with van der Waals surface area (Å²) >= 11 is 8.24. The van der Waals surface area contributed by atoms with Gasteiger partial charge in [0.2, 0.25) is 0 Å². The van der Waals surface area contributed by atoms with Gasteiger partial charge in [-0.2, -0.15) is 0 Å². The van der Waals surface area contributed by atoms with Crippen LogP contribution in [0.15, 0.2) is 11.4 Å². The van der Waals surface area contributed by atoms with Gasteiger partial charge in [-0.3, -0.25) is 4.90 Å². The smallest absolute Gasteiger partial charge is 0.0561 e. The molecule has 0 aromatic carbocycles. The van der Waals surface area contributed by atoms with E-state index in [-0.39, 0.29) is 24.8 Å². The van der Waals surface area contributed by atoms with Gasteiger partial charge in [0, 0.05) is 37.1 Å². The second-order valence-corrected chi connectivity index (χ2v) is 6.76. The van der Waals surface area contributed by atoms with Gasteiger partial charge in [-0.05, 0) is 30.2 Å². The van der Waals surface area contributed by atoms with Gasteiger partial charge in [0.05, 0.1) is 5.02 Å². The van der Waals surface area contributed by atoms with E-state index in [9.17, 15) is 0 Å². The normalized spacial score (nSPS) is 22.1. The maximum atomic E-state index is 6.40. The highest BCUT2D eigenvalue weighted by Gasteiger charge is 2.33. The predicted molar refractivity (Wildman–Crippen MR) is 93.0 cm³/mol. The topological polar surface area (TPSA) is 15.3 Å². The van der Waals surface area contributed by atoms with E-state index in [2.05, 4.69) is 21.7 Å². The summed E-state index contributed by atoms with van der Waals surface area (Å²) in [5, 5.41) is 6.57. The number of piperazine rings is 1. The predicted octanol–water partition coefficient (Wildman–Crippen LogP) is 4.38. The molecule has 1 N–H and O–H groups in total. The third-order valence-electron chi connectivity index (χ3n) is 4.30. The van der Waals surface area contributed by atoms with E-state index in [0.717, 1.165) is 37.1 Å². The molecule has 2 heterocycles. The minimum absolute atomic E-state index is 0. The van der Waals surface area contributed by atoms with E-state index in [4.69, 9.17) is 11.6 Å². The van der Waals surface area contributed by atoms with Crippen LogP contribution in [0.2, 0.25) is 5.02 Å². The van der Waals surface area contributed by atoms with Crippen molar-refractivity contribution >= 4 is 47.8 Å². The zero-order valence-electron chi connectivity index (χ0n) is 11.5. The van der Waals surface area contributed by atoms with E-state index < -0.39 is 0 Å². The van der Waals surface area contributed by atoms with Crippen molar-refractivity contribution in [2.75, 3.05) is 26.2 Å². The van der Waals surface area contributed by atoms with Crippen LogP contribution in [-0.2, 0) is 0 Å². The molecule has 2 fully saturated rings. The lowest BCUT2D eigenvalue weighted by atomic mass is 9.94. The molecule has 0 spiro atoms. The molecule has 0 amide bonds. The highest BCUT2D eigenvalue weighted by molar-refractivity contribution is 7.10. The fraction of sp³-hybridized carbons (Fsp3) is 0.714. The van der Waals surface area contributed by atoms with Gasteiger partial charge >= 0.3 is 0 Å². The second-order valence-electron chi connectivity index (χ2n) is 5.41. The Morgan fingerprint density at radius 2 is 1.85 bits per heavy atom. The molecule has 0 bridgehead atoms. The first-order valence-corrected chi connectivity index (χ1v) is 8.29. The zero-order chi connectivity index (χ0) is 12.4. The minimum atomic E-state index is 0. The minimum Gasteiger partial charge on any atom is -0.314 e. The van der Waals surface area contributed by atoms with E-state index in [1.54, 1.807) is 0 Å². The molecule has 1 aliphatic heterocycles. The summed E-state index contributed by atoms with van der Waals surface area (Å²) in [6.07, 6.45) is 5.55. The van der Waals surface area contributed by atoms with Crippen molar-refractivity contribution in [3.8, 4) is 0 Å². The van der Waals surface area contributed by atoms with E-state index in [0.29, 0.717) is 6.04 Å². The van der Waals surface area contributed by atoms with Crippen LogP contribution in [0.25, 0.3) is 0 Å². The molecule has 2 nitrogen and oxygen atoms in total. The molecule has 1 aliphatic carbocycles. The standard InChI is InChI=1S/C14H21ClN2S.2ClH/c15-12-5-10-18-14(12)13(11-3-1-2-4-11)17-8-6-16-7-9-17;;/h5,10-11,13,16H,1-4,6-9H2;2*1H/t13-;;/m0../s1. The number of thiophene rings is 1. The van der Waals surface area contributed by atoms with Gasteiger partial charge in [-0.1, -0.05) is 24.4 Å². The molecule has 2 aliphatic rings. The Morgan fingerprint density at radius 1 is 1.20 bits per heavy atom. The number of nitrogens with one attached hydrogen (secondary N) is 1. The second kappa shape index (κ2) is 8.82. The van der Waals surface area contributed by atoms with Crippen LogP contribution in [0.5, 0.6) is 0 Å². The summed E-state index contributed by atoms with van der Waals surface area (Å²) in [4.78, 5) is 4.06. The summed E-state index contributed by atoms with van der Waals surface area (Å²) in [5.41, 5.74) is 0. The molecular weight excluding hydrogens is 335 g/mol. The van der Waals surface area contributed by atoms with E-state index >= 15 is 0 Å². The van der Waals surface area contributed by atoms with Crippen LogP contribution in [-0.4, -0.2) is 31.1 Å².